The standard InChI is InChI=1S/C22H18N6O/c1-23-21-19-14-26-22(27-17-6-4-3-5-7-17)28-20(19)15(12-25-21)8-9-16-10-11-18(29-2)13-24-16/h3-7,10-14H,1-2H3,(H,23,25)(H,26,27,28). The van der Waals surface area contributed by atoms with Crippen molar-refractivity contribution in [3.63, 3.8) is 0 Å². The highest BCUT2D eigenvalue weighted by atomic mass is 16.5. The zero-order valence-corrected chi connectivity index (χ0v) is 16.0. The lowest BCUT2D eigenvalue weighted by atomic mass is 10.2. The number of hydrogen-bond acceptors (Lipinski definition) is 7. The van der Waals surface area contributed by atoms with Gasteiger partial charge >= 0.3 is 0 Å². The molecule has 0 atom stereocenters. The summed E-state index contributed by atoms with van der Waals surface area (Å²) in [5, 5.41) is 7.07. The van der Waals surface area contributed by atoms with Gasteiger partial charge in [-0.25, -0.2) is 19.9 Å². The number of anilines is 3. The molecule has 0 unspecified atom stereocenters. The van der Waals surface area contributed by atoms with Crippen LogP contribution >= 0.6 is 0 Å². The van der Waals surface area contributed by atoms with Gasteiger partial charge in [-0.1, -0.05) is 24.1 Å². The molecule has 142 valence electrons. The van der Waals surface area contributed by atoms with E-state index in [2.05, 4.69) is 42.4 Å². The van der Waals surface area contributed by atoms with E-state index in [1.165, 1.54) is 0 Å². The minimum absolute atomic E-state index is 0.488. The van der Waals surface area contributed by atoms with Crippen molar-refractivity contribution in [1.82, 2.24) is 19.9 Å². The molecule has 29 heavy (non-hydrogen) atoms. The summed E-state index contributed by atoms with van der Waals surface area (Å²) in [6.07, 6.45) is 5.07. The topological polar surface area (TPSA) is 84.9 Å². The van der Waals surface area contributed by atoms with Gasteiger partial charge in [0.05, 0.1) is 29.8 Å². The first-order valence-corrected chi connectivity index (χ1v) is 8.94. The van der Waals surface area contributed by atoms with E-state index in [0.29, 0.717) is 34.3 Å². The van der Waals surface area contributed by atoms with E-state index in [0.717, 1.165) is 11.1 Å². The monoisotopic (exact) mass is 382 g/mol. The number of aromatic nitrogens is 4. The Labute approximate surface area is 168 Å². The highest BCUT2D eigenvalue weighted by molar-refractivity contribution is 5.93. The molecule has 4 rings (SSSR count). The van der Waals surface area contributed by atoms with Crippen molar-refractivity contribution in [2.45, 2.75) is 0 Å². The Morgan fingerprint density at radius 1 is 0.897 bits per heavy atom. The van der Waals surface area contributed by atoms with E-state index < -0.39 is 0 Å². The lowest BCUT2D eigenvalue weighted by Gasteiger charge is -2.09. The molecule has 7 nitrogen and oxygen atoms in total. The second kappa shape index (κ2) is 8.23. The fourth-order valence-corrected chi connectivity index (χ4v) is 2.73. The maximum Gasteiger partial charge on any atom is 0.227 e. The maximum atomic E-state index is 5.13. The molecule has 7 heteroatoms. The number of benzene rings is 1. The molecule has 1 aromatic carbocycles. The average Bonchev–Trinajstić information content (AvgIpc) is 2.78. The van der Waals surface area contributed by atoms with Crippen molar-refractivity contribution in [3.8, 4) is 17.6 Å². The Morgan fingerprint density at radius 3 is 2.48 bits per heavy atom. The molecular weight excluding hydrogens is 364 g/mol. The molecule has 0 radical (unpaired) electrons. The van der Waals surface area contributed by atoms with Crippen LogP contribution in [0.2, 0.25) is 0 Å². The number of rotatable bonds is 4. The molecule has 0 aliphatic carbocycles. The van der Waals surface area contributed by atoms with Crippen molar-refractivity contribution in [2.75, 3.05) is 24.8 Å². The predicted molar refractivity (Wildman–Crippen MR) is 113 cm³/mol. The van der Waals surface area contributed by atoms with Crippen LogP contribution in [0.15, 0.2) is 61.1 Å². The van der Waals surface area contributed by atoms with Gasteiger partial charge in [0.25, 0.3) is 0 Å². The van der Waals surface area contributed by atoms with E-state index >= 15 is 0 Å². The van der Waals surface area contributed by atoms with Gasteiger partial charge in [0.15, 0.2) is 0 Å². The molecule has 0 bridgehead atoms. The largest absolute Gasteiger partial charge is 0.495 e. The molecule has 0 aliphatic heterocycles. The molecule has 3 heterocycles. The van der Waals surface area contributed by atoms with Crippen LogP contribution in [0.25, 0.3) is 10.9 Å². The Bertz CT molecular complexity index is 1200. The van der Waals surface area contributed by atoms with Gasteiger partial charge in [0.1, 0.15) is 17.3 Å². The number of ether oxygens (including phenoxy) is 1. The average molecular weight is 382 g/mol. The lowest BCUT2D eigenvalue weighted by molar-refractivity contribution is 0.413. The molecule has 0 spiro atoms. The number of nitrogens with zero attached hydrogens (tertiary/aromatic N) is 4. The number of fused-ring (bicyclic) bond motifs is 1. The maximum absolute atomic E-state index is 5.13. The minimum Gasteiger partial charge on any atom is -0.495 e. The van der Waals surface area contributed by atoms with Gasteiger partial charge in [0.2, 0.25) is 5.95 Å². The van der Waals surface area contributed by atoms with Crippen LogP contribution in [-0.2, 0) is 0 Å². The highest BCUT2D eigenvalue weighted by Gasteiger charge is 2.09. The molecule has 0 saturated carbocycles. The second-order valence-corrected chi connectivity index (χ2v) is 6.05. The first-order valence-electron chi connectivity index (χ1n) is 8.94. The third-order valence-electron chi connectivity index (χ3n) is 4.19. The molecule has 0 saturated heterocycles. The summed E-state index contributed by atoms with van der Waals surface area (Å²) >= 11 is 0. The van der Waals surface area contributed by atoms with Crippen LogP contribution in [0.4, 0.5) is 17.5 Å². The minimum atomic E-state index is 0.488. The molecule has 0 fully saturated rings. The summed E-state index contributed by atoms with van der Waals surface area (Å²) in [7, 11) is 3.41. The molecule has 4 aromatic rings. The number of methoxy groups -OCH3 is 1. The van der Waals surface area contributed by atoms with Gasteiger partial charge < -0.3 is 15.4 Å². The van der Waals surface area contributed by atoms with Crippen molar-refractivity contribution >= 4 is 28.4 Å². The normalized spacial score (nSPS) is 10.1. The Morgan fingerprint density at radius 2 is 1.76 bits per heavy atom. The zero-order valence-electron chi connectivity index (χ0n) is 16.0. The van der Waals surface area contributed by atoms with Crippen molar-refractivity contribution in [3.05, 3.63) is 72.3 Å². The quantitative estimate of drug-likeness (QED) is 0.522. The summed E-state index contributed by atoms with van der Waals surface area (Å²) in [6.45, 7) is 0. The first-order chi connectivity index (χ1) is 14.3. The highest BCUT2D eigenvalue weighted by Crippen LogP contribution is 2.24. The fraction of sp³-hybridized carbons (Fsp3) is 0.0909. The summed E-state index contributed by atoms with van der Waals surface area (Å²) in [4.78, 5) is 17.8. The molecule has 3 aromatic heterocycles. The van der Waals surface area contributed by atoms with E-state index in [4.69, 9.17) is 4.74 Å². The SMILES string of the molecule is CNc1ncc(C#Cc2ccc(OC)cn2)c2nc(Nc3ccccc3)ncc12. The van der Waals surface area contributed by atoms with Crippen molar-refractivity contribution < 1.29 is 4.74 Å². The van der Waals surface area contributed by atoms with Crippen LogP contribution in [0.5, 0.6) is 5.75 Å². The summed E-state index contributed by atoms with van der Waals surface area (Å²) < 4.78 is 5.13. The Hall–Kier alpha value is -4.18. The number of hydrogen-bond donors (Lipinski definition) is 2. The van der Waals surface area contributed by atoms with E-state index in [-0.39, 0.29) is 0 Å². The molecule has 0 amide bonds. The summed E-state index contributed by atoms with van der Waals surface area (Å²) in [5.74, 6) is 8.04. The predicted octanol–water partition coefficient (Wildman–Crippen LogP) is 3.61. The van der Waals surface area contributed by atoms with Crippen LogP contribution in [0.1, 0.15) is 11.3 Å². The van der Waals surface area contributed by atoms with Crippen molar-refractivity contribution in [1.29, 1.82) is 0 Å². The number of para-hydroxylation sites is 1. The molecule has 2 N–H and O–H groups in total. The summed E-state index contributed by atoms with van der Waals surface area (Å²) in [5.41, 5.74) is 2.94. The number of pyridine rings is 2. The van der Waals surface area contributed by atoms with Gasteiger partial charge in [-0.3, -0.25) is 0 Å². The van der Waals surface area contributed by atoms with Crippen LogP contribution < -0.4 is 15.4 Å². The van der Waals surface area contributed by atoms with Gasteiger partial charge in [-0.15, -0.1) is 0 Å². The van der Waals surface area contributed by atoms with E-state index in [1.54, 1.807) is 31.8 Å². The third kappa shape index (κ3) is 4.06. The lowest BCUT2D eigenvalue weighted by Crippen LogP contribution is -2.01. The van der Waals surface area contributed by atoms with Gasteiger partial charge in [-0.05, 0) is 30.2 Å². The Balaban J connectivity index is 1.74. The van der Waals surface area contributed by atoms with E-state index in [1.807, 2.05) is 43.4 Å². The summed E-state index contributed by atoms with van der Waals surface area (Å²) in [6, 6.07) is 13.4. The van der Waals surface area contributed by atoms with Crippen LogP contribution in [0.3, 0.4) is 0 Å². The first kappa shape index (κ1) is 18.2. The Kier molecular flexibility index (Phi) is 5.16. The number of nitrogens with one attached hydrogen (secondary N) is 2. The van der Waals surface area contributed by atoms with E-state index in [9.17, 15) is 0 Å². The molecular formula is C22H18N6O. The van der Waals surface area contributed by atoms with Gasteiger partial charge in [-0.2, -0.15) is 0 Å². The van der Waals surface area contributed by atoms with Crippen LogP contribution in [0, 0.1) is 11.8 Å². The fourth-order valence-electron chi connectivity index (χ4n) is 2.73. The molecule has 0 aliphatic rings. The second-order valence-electron chi connectivity index (χ2n) is 6.05. The zero-order chi connectivity index (χ0) is 20.1. The van der Waals surface area contributed by atoms with Crippen molar-refractivity contribution in [2.24, 2.45) is 0 Å². The third-order valence-corrected chi connectivity index (χ3v) is 4.19. The smallest absolute Gasteiger partial charge is 0.227 e. The van der Waals surface area contributed by atoms with Crippen LogP contribution in [-0.4, -0.2) is 34.1 Å². The van der Waals surface area contributed by atoms with Gasteiger partial charge in [0, 0.05) is 25.1 Å².